The molecule has 3 aromatic rings. The number of hydrogen-bond acceptors (Lipinski definition) is 6. The molecule has 0 unspecified atom stereocenters. The standard InChI is InChI=1S/C20H23N5O2/c1-13(2)16-11-17(19-15(23-16)5-6-21-20(19)26)24-18-4-3-14(12-22-18)25-7-9-27-10-8-25/h3-6,11-13H,7-10H2,1-2H3,(H,21,26)(H,22,23,24). The summed E-state index contributed by atoms with van der Waals surface area (Å²) < 4.78 is 5.39. The van der Waals surface area contributed by atoms with Crippen molar-refractivity contribution in [3.05, 3.63) is 52.7 Å². The largest absolute Gasteiger partial charge is 0.378 e. The number of hydrogen-bond donors (Lipinski definition) is 2. The second-order valence-electron chi connectivity index (χ2n) is 6.94. The quantitative estimate of drug-likeness (QED) is 0.739. The van der Waals surface area contributed by atoms with Crippen LogP contribution in [0, 0.1) is 0 Å². The third-order valence-corrected chi connectivity index (χ3v) is 4.73. The Bertz CT molecular complexity index is 991. The molecular weight excluding hydrogens is 342 g/mol. The van der Waals surface area contributed by atoms with E-state index >= 15 is 0 Å². The van der Waals surface area contributed by atoms with Gasteiger partial charge in [-0.2, -0.15) is 0 Å². The molecule has 7 heteroatoms. The van der Waals surface area contributed by atoms with E-state index in [4.69, 9.17) is 4.74 Å². The Hall–Kier alpha value is -2.93. The van der Waals surface area contributed by atoms with Gasteiger partial charge in [-0.3, -0.25) is 9.78 Å². The molecule has 27 heavy (non-hydrogen) atoms. The van der Waals surface area contributed by atoms with Crippen molar-refractivity contribution < 1.29 is 4.74 Å². The molecule has 0 aromatic carbocycles. The van der Waals surface area contributed by atoms with E-state index in [0.717, 1.165) is 43.4 Å². The van der Waals surface area contributed by atoms with E-state index in [-0.39, 0.29) is 11.5 Å². The fourth-order valence-corrected chi connectivity index (χ4v) is 3.21. The van der Waals surface area contributed by atoms with Crippen LogP contribution in [-0.4, -0.2) is 41.3 Å². The number of rotatable bonds is 4. The van der Waals surface area contributed by atoms with Gasteiger partial charge in [0.05, 0.1) is 41.7 Å². The van der Waals surface area contributed by atoms with Crippen molar-refractivity contribution in [2.24, 2.45) is 0 Å². The second kappa shape index (κ2) is 7.36. The smallest absolute Gasteiger partial charge is 0.259 e. The molecule has 4 heterocycles. The summed E-state index contributed by atoms with van der Waals surface area (Å²) in [6.07, 6.45) is 3.48. The summed E-state index contributed by atoms with van der Waals surface area (Å²) in [4.78, 5) is 26.5. The number of pyridine rings is 3. The van der Waals surface area contributed by atoms with Crippen molar-refractivity contribution in [3.63, 3.8) is 0 Å². The average molecular weight is 365 g/mol. The number of H-pyrrole nitrogens is 1. The Morgan fingerprint density at radius 3 is 2.74 bits per heavy atom. The molecule has 0 atom stereocenters. The molecule has 0 aliphatic carbocycles. The molecule has 1 fully saturated rings. The number of anilines is 3. The van der Waals surface area contributed by atoms with Gasteiger partial charge in [-0.1, -0.05) is 13.8 Å². The topological polar surface area (TPSA) is 83.1 Å². The zero-order valence-electron chi connectivity index (χ0n) is 15.5. The fraction of sp³-hybridized carbons (Fsp3) is 0.350. The summed E-state index contributed by atoms with van der Waals surface area (Å²) in [6.45, 7) is 7.39. The predicted molar refractivity (Wildman–Crippen MR) is 107 cm³/mol. The van der Waals surface area contributed by atoms with Gasteiger partial charge in [0.25, 0.3) is 5.56 Å². The lowest BCUT2D eigenvalue weighted by molar-refractivity contribution is 0.122. The van der Waals surface area contributed by atoms with Crippen molar-refractivity contribution in [2.75, 3.05) is 36.5 Å². The van der Waals surface area contributed by atoms with Crippen LogP contribution in [0.1, 0.15) is 25.5 Å². The molecule has 3 aromatic heterocycles. The number of aromatic amines is 1. The Morgan fingerprint density at radius 2 is 2.04 bits per heavy atom. The lowest BCUT2D eigenvalue weighted by atomic mass is 10.1. The molecule has 1 saturated heterocycles. The first-order valence-corrected chi connectivity index (χ1v) is 9.20. The molecular formula is C20H23N5O2. The van der Waals surface area contributed by atoms with Crippen LogP contribution in [0.3, 0.4) is 0 Å². The van der Waals surface area contributed by atoms with Crippen LogP contribution in [0.25, 0.3) is 10.9 Å². The Kier molecular flexibility index (Phi) is 4.77. The first kappa shape index (κ1) is 17.5. The minimum absolute atomic E-state index is 0.164. The van der Waals surface area contributed by atoms with Gasteiger partial charge in [0, 0.05) is 25.0 Å². The van der Waals surface area contributed by atoms with E-state index in [0.29, 0.717) is 16.7 Å². The van der Waals surface area contributed by atoms with Gasteiger partial charge >= 0.3 is 0 Å². The molecule has 4 rings (SSSR count). The first-order valence-electron chi connectivity index (χ1n) is 9.20. The third kappa shape index (κ3) is 3.64. The number of morpholine rings is 1. The second-order valence-corrected chi connectivity index (χ2v) is 6.94. The maximum absolute atomic E-state index is 12.4. The molecule has 0 spiro atoms. The summed E-state index contributed by atoms with van der Waals surface area (Å²) in [5.41, 5.74) is 3.24. The van der Waals surface area contributed by atoms with E-state index in [2.05, 4.69) is 39.0 Å². The Labute approximate surface area is 157 Å². The number of fused-ring (bicyclic) bond motifs is 1. The maximum atomic E-state index is 12.4. The molecule has 1 aliphatic heterocycles. The van der Waals surface area contributed by atoms with E-state index in [1.54, 1.807) is 6.20 Å². The molecule has 2 N–H and O–H groups in total. The summed E-state index contributed by atoms with van der Waals surface area (Å²) in [7, 11) is 0. The van der Waals surface area contributed by atoms with Gasteiger partial charge in [-0.05, 0) is 30.2 Å². The highest BCUT2D eigenvalue weighted by Crippen LogP contribution is 2.26. The van der Waals surface area contributed by atoms with Gasteiger partial charge in [0.15, 0.2) is 0 Å². The highest BCUT2D eigenvalue weighted by molar-refractivity contribution is 5.92. The van der Waals surface area contributed by atoms with Gasteiger partial charge < -0.3 is 19.9 Å². The summed E-state index contributed by atoms with van der Waals surface area (Å²) in [6, 6.07) is 7.73. The zero-order valence-corrected chi connectivity index (χ0v) is 15.5. The molecule has 0 bridgehead atoms. The zero-order chi connectivity index (χ0) is 18.8. The molecule has 7 nitrogen and oxygen atoms in total. The Morgan fingerprint density at radius 1 is 1.22 bits per heavy atom. The average Bonchev–Trinajstić information content (AvgIpc) is 2.69. The number of aromatic nitrogens is 3. The van der Waals surface area contributed by atoms with Crippen LogP contribution in [0.5, 0.6) is 0 Å². The van der Waals surface area contributed by atoms with Gasteiger partial charge in [-0.25, -0.2) is 4.98 Å². The van der Waals surface area contributed by atoms with Crippen LogP contribution in [0.4, 0.5) is 17.2 Å². The van der Waals surface area contributed by atoms with Crippen molar-refractivity contribution in [2.45, 2.75) is 19.8 Å². The van der Waals surface area contributed by atoms with Gasteiger partial charge in [0.1, 0.15) is 5.82 Å². The van der Waals surface area contributed by atoms with Crippen LogP contribution >= 0.6 is 0 Å². The molecule has 0 radical (unpaired) electrons. The van der Waals surface area contributed by atoms with Crippen LogP contribution < -0.4 is 15.8 Å². The van der Waals surface area contributed by atoms with Crippen molar-refractivity contribution in [3.8, 4) is 0 Å². The van der Waals surface area contributed by atoms with E-state index < -0.39 is 0 Å². The normalized spacial score (nSPS) is 14.7. The van der Waals surface area contributed by atoms with Gasteiger partial charge in [-0.15, -0.1) is 0 Å². The molecule has 0 amide bonds. The van der Waals surface area contributed by atoms with Crippen LogP contribution in [0.2, 0.25) is 0 Å². The van der Waals surface area contributed by atoms with Crippen LogP contribution in [-0.2, 0) is 4.74 Å². The minimum Gasteiger partial charge on any atom is -0.378 e. The van der Waals surface area contributed by atoms with Crippen molar-refractivity contribution in [1.82, 2.24) is 15.0 Å². The lowest BCUT2D eigenvalue weighted by Crippen LogP contribution is -2.36. The lowest BCUT2D eigenvalue weighted by Gasteiger charge is -2.28. The highest BCUT2D eigenvalue weighted by atomic mass is 16.5. The Balaban J connectivity index is 1.67. The van der Waals surface area contributed by atoms with E-state index in [9.17, 15) is 4.79 Å². The number of nitrogens with one attached hydrogen (secondary N) is 2. The molecule has 140 valence electrons. The third-order valence-electron chi connectivity index (χ3n) is 4.73. The van der Waals surface area contributed by atoms with Gasteiger partial charge in [0.2, 0.25) is 0 Å². The van der Waals surface area contributed by atoms with Crippen molar-refractivity contribution in [1.29, 1.82) is 0 Å². The molecule has 1 aliphatic rings. The van der Waals surface area contributed by atoms with Crippen molar-refractivity contribution >= 4 is 28.1 Å². The first-order chi connectivity index (χ1) is 13.1. The SMILES string of the molecule is CC(C)c1cc(Nc2ccc(N3CCOCC3)cn2)c2c(=O)[nH]ccc2n1. The summed E-state index contributed by atoms with van der Waals surface area (Å²) >= 11 is 0. The summed E-state index contributed by atoms with van der Waals surface area (Å²) in [5, 5.41) is 3.84. The van der Waals surface area contributed by atoms with E-state index in [1.165, 1.54) is 0 Å². The monoisotopic (exact) mass is 365 g/mol. The minimum atomic E-state index is -0.164. The summed E-state index contributed by atoms with van der Waals surface area (Å²) in [5.74, 6) is 0.948. The number of ether oxygens (including phenoxy) is 1. The highest BCUT2D eigenvalue weighted by Gasteiger charge is 2.14. The van der Waals surface area contributed by atoms with E-state index in [1.807, 2.05) is 30.5 Å². The number of nitrogens with zero attached hydrogens (tertiary/aromatic N) is 3. The maximum Gasteiger partial charge on any atom is 0.259 e. The fourth-order valence-electron chi connectivity index (χ4n) is 3.21. The predicted octanol–water partition coefficient (Wildman–Crippen LogP) is 3.02. The molecule has 0 saturated carbocycles. The van der Waals surface area contributed by atoms with Crippen LogP contribution in [0.15, 0.2) is 41.5 Å².